The number of benzene rings is 5. The van der Waals surface area contributed by atoms with Crippen LogP contribution in [0.3, 0.4) is 0 Å². The van der Waals surface area contributed by atoms with Gasteiger partial charge >= 0.3 is 0 Å². The van der Waals surface area contributed by atoms with Crippen molar-refractivity contribution < 1.29 is 13.0 Å². The van der Waals surface area contributed by atoms with Gasteiger partial charge in [-0.15, -0.1) is 9.24 Å². The Balaban J connectivity index is 1.89. The Bertz CT molecular complexity index is 1510. The lowest BCUT2D eigenvalue weighted by atomic mass is 9.76. The molecule has 0 aliphatic rings. The molecule has 184 valence electrons. The van der Waals surface area contributed by atoms with Gasteiger partial charge in [-0.25, -0.2) is 0 Å². The van der Waals surface area contributed by atoms with E-state index in [0.717, 1.165) is 33.4 Å². The molecule has 0 amide bonds. The van der Waals surface area contributed by atoms with Crippen LogP contribution in [0.1, 0.15) is 45.2 Å². The standard InChI is InChI=1S/C32H27O3PS/c33-37(34,35)28-22-21-27(29(23-13-5-1-6-14-23)24-15-7-2-8-16-24)31(32(28)36)30(25-17-9-3-10-18-25)26-19-11-4-12-20-26/h1-22,29-30H,36H2,(H,33,34,35). The number of hydrogen-bond donors (Lipinski definition) is 1. The molecule has 1 unspecified atom stereocenters. The van der Waals surface area contributed by atoms with Gasteiger partial charge in [0, 0.05) is 11.8 Å². The molecule has 5 rings (SSSR count). The van der Waals surface area contributed by atoms with Crippen LogP contribution in [0.25, 0.3) is 0 Å². The zero-order valence-electron chi connectivity index (χ0n) is 20.1. The fraction of sp³-hybridized carbons (Fsp3) is 0.0625. The van der Waals surface area contributed by atoms with Crippen LogP contribution in [0, 0.1) is 0 Å². The molecule has 37 heavy (non-hydrogen) atoms. The van der Waals surface area contributed by atoms with E-state index in [9.17, 15) is 13.0 Å². The van der Waals surface area contributed by atoms with E-state index in [1.165, 1.54) is 6.07 Å². The first-order valence-corrected chi connectivity index (χ1v) is 14.1. The maximum Gasteiger partial charge on any atom is 0.295 e. The minimum Gasteiger partial charge on any atom is -0.282 e. The molecule has 0 heterocycles. The van der Waals surface area contributed by atoms with Gasteiger partial charge in [0.2, 0.25) is 0 Å². The largest absolute Gasteiger partial charge is 0.295 e. The lowest BCUT2D eigenvalue weighted by Gasteiger charge is -2.29. The lowest BCUT2D eigenvalue weighted by molar-refractivity contribution is 0.484. The molecule has 1 atom stereocenters. The predicted octanol–water partition coefficient (Wildman–Crippen LogP) is 6.79. The molecule has 5 heteroatoms. The van der Waals surface area contributed by atoms with E-state index in [1.54, 1.807) is 0 Å². The van der Waals surface area contributed by atoms with E-state index < -0.39 is 10.1 Å². The Hall–Kier alpha value is -3.56. The summed E-state index contributed by atoms with van der Waals surface area (Å²) in [6.45, 7) is 0. The van der Waals surface area contributed by atoms with Crippen molar-refractivity contribution in [3.05, 3.63) is 167 Å². The smallest absolute Gasteiger partial charge is 0.282 e. The minimum atomic E-state index is -4.45. The Morgan fingerprint density at radius 1 is 0.514 bits per heavy atom. The summed E-state index contributed by atoms with van der Waals surface area (Å²) in [6.07, 6.45) is 0. The molecule has 0 aromatic heterocycles. The highest BCUT2D eigenvalue weighted by atomic mass is 32.2. The van der Waals surface area contributed by atoms with Crippen molar-refractivity contribution in [3.63, 3.8) is 0 Å². The topological polar surface area (TPSA) is 54.4 Å². The Morgan fingerprint density at radius 3 is 1.22 bits per heavy atom. The number of rotatable bonds is 7. The van der Waals surface area contributed by atoms with Crippen molar-refractivity contribution in [1.82, 2.24) is 0 Å². The van der Waals surface area contributed by atoms with Crippen LogP contribution in [0.15, 0.2) is 138 Å². The molecule has 0 aliphatic carbocycles. The van der Waals surface area contributed by atoms with Crippen LogP contribution in [-0.4, -0.2) is 13.0 Å². The van der Waals surface area contributed by atoms with E-state index in [0.29, 0.717) is 5.30 Å². The highest BCUT2D eigenvalue weighted by Crippen LogP contribution is 2.41. The zero-order chi connectivity index (χ0) is 25.8. The summed E-state index contributed by atoms with van der Waals surface area (Å²) in [6, 6.07) is 44.0. The third kappa shape index (κ3) is 5.28. The average Bonchev–Trinajstić information content (AvgIpc) is 2.92. The Labute approximate surface area is 220 Å². The molecule has 0 radical (unpaired) electrons. The normalized spacial score (nSPS) is 11.7. The summed E-state index contributed by atoms with van der Waals surface area (Å²) < 4.78 is 35.1. The van der Waals surface area contributed by atoms with Crippen LogP contribution in [0.4, 0.5) is 0 Å². The second-order valence-electron chi connectivity index (χ2n) is 8.96. The van der Waals surface area contributed by atoms with Crippen LogP contribution in [0.2, 0.25) is 0 Å². The zero-order valence-corrected chi connectivity index (χ0v) is 22.1. The van der Waals surface area contributed by atoms with Gasteiger partial charge in [0.1, 0.15) is 4.90 Å². The van der Waals surface area contributed by atoms with Crippen LogP contribution >= 0.6 is 9.24 Å². The first-order valence-electron chi connectivity index (χ1n) is 12.0. The highest BCUT2D eigenvalue weighted by Gasteiger charge is 2.30. The molecule has 0 saturated heterocycles. The molecule has 0 bridgehead atoms. The van der Waals surface area contributed by atoms with E-state index in [4.69, 9.17) is 0 Å². The van der Waals surface area contributed by atoms with Crippen LogP contribution < -0.4 is 5.30 Å². The van der Waals surface area contributed by atoms with Gasteiger partial charge in [0.25, 0.3) is 10.1 Å². The molecule has 0 fully saturated rings. The summed E-state index contributed by atoms with van der Waals surface area (Å²) in [4.78, 5) is -0.104. The molecule has 5 aromatic carbocycles. The molecule has 1 N–H and O–H groups in total. The minimum absolute atomic E-state index is 0.104. The van der Waals surface area contributed by atoms with Crippen molar-refractivity contribution in [2.75, 3.05) is 0 Å². The second kappa shape index (κ2) is 10.8. The molecule has 5 aromatic rings. The SMILES string of the molecule is O=S(=O)(O)c1ccc(C(c2ccccc2)c2ccccc2)c(C(c2ccccc2)c2ccccc2)c1P. The summed E-state index contributed by atoms with van der Waals surface area (Å²) in [5.74, 6) is -0.413. The fourth-order valence-electron chi connectivity index (χ4n) is 5.09. The molecule has 0 spiro atoms. The first kappa shape index (κ1) is 25.1. The van der Waals surface area contributed by atoms with Crippen molar-refractivity contribution >= 4 is 24.7 Å². The molecule has 0 aliphatic heterocycles. The van der Waals surface area contributed by atoms with E-state index in [2.05, 4.69) is 57.8 Å². The van der Waals surface area contributed by atoms with Gasteiger partial charge < -0.3 is 0 Å². The quantitative estimate of drug-likeness (QED) is 0.145. The van der Waals surface area contributed by atoms with Gasteiger partial charge in [-0.1, -0.05) is 127 Å². The van der Waals surface area contributed by atoms with Crippen LogP contribution in [0.5, 0.6) is 0 Å². The Kier molecular flexibility index (Phi) is 7.34. The van der Waals surface area contributed by atoms with E-state index in [-0.39, 0.29) is 16.7 Å². The summed E-state index contributed by atoms with van der Waals surface area (Å²) in [5, 5.41) is 0.467. The van der Waals surface area contributed by atoms with Gasteiger partial charge in [0.15, 0.2) is 0 Å². The van der Waals surface area contributed by atoms with Crippen molar-refractivity contribution in [2.45, 2.75) is 16.7 Å². The first-order chi connectivity index (χ1) is 17.9. The van der Waals surface area contributed by atoms with Crippen molar-refractivity contribution in [1.29, 1.82) is 0 Å². The van der Waals surface area contributed by atoms with Crippen molar-refractivity contribution in [3.8, 4) is 0 Å². The molecular weight excluding hydrogens is 495 g/mol. The molecule has 3 nitrogen and oxygen atoms in total. The average molecular weight is 523 g/mol. The van der Waals surface area contributed by atoms with Gasteiger partial charge in [0.05, 0.1) is 0 Å². The predicted molar refractivity (Wildman–Crippen MR) is 153 cm³/mol. The molecule has 0 saturated carbocycles. The highest BCUT2D eigenvalue weighted by molar-refractivity contribution is 7.86. The summed E-state index contributed by atoms with van der Waals surface area (Å²) in [7, 11) is -1.83. The third-order valence-corrected chi connectivity index (χ3v) is 8.43. The lowest BCUT2D eigenvalue weighted by Crippen LogP contribution is -2.22. The van der Waals surface area contributed by atoms with Crippen LogP contribution in [-0.2, 0) is 10.1 Å². The summed E-state index contributed by atoms with van der Waals surface area (Å²) >= 11 is 0. The maximum atomic E-state index is 12.5. The van der Waals surface area contributed by atoms with Gasteiger partial charge in [-0.05, 0) is 44.8 Å². The maximum absolute atomic E-state index is 12.5. The fourth-order valence-corrected chi connectivity index (χ4v) is 6.60. The summed E-state index contributed by atoms with van der Waals surface area (Å²) in [5.41, 5.74) is 6.08. The van der Waals surface area contributed by atoms with Gasteiger partial charge in [-0.3, -0.25) is 4.55 Å². The van der Waals surface area contributed by atoms with Gasteiger partial charge in [-0.2, -0.15) is 8.42 Å². The second-order valence-corrected chi connectivity index (χ2v) is 10.9. The number of hydrogen-bond acceptors (Lipinski definition) is 2. The van der Waals surface area contributed by atoms with E-state index in [1.807, 2.05) is 78.9 Å². The third-order valence-electron chi connectivity index (χ3n) is 6.69. The monoisotopic (exact) mass is 522 g/mol. The van der Waals surface area contributed by atoms with Crippen molar-refractivity contribution in [2.24, 2.45) is 0 Å². The van der Waals surface area contributed by atoms with E-state index >= 15 is 0 Å². The Morgan fingerprint density at radius 2 is 0.865 bits per heavy atom. The molecular formula is C32H27O3PS.